The Kier molecular flexibility index (Phi) is 9.38. The van der Waals surface area contributed by atoms with Crippen molar-refractivity contribution in [3.05, 3.63) is 48.0 Å². The van der Waals surface area contributed by atoms with Crippen LogP contribution in [0.3, 0.4) is 0 Å². The number of unbranched alkanes of at least 4 members (excludes halogenated alkanes) is 4. The van der Waals surface area contributed by atoms with E-state index >= 15 is 0 Å². The minimum atomic E-state index is -2.22. The van der Waals surface area contributed by atoms with E-state index in [1.54, 1.807) is 42.5 Å². The van der Waals surface area contributed by atoms with Gasteiger partial charge in [0.05, 0.1) is 11.4 Å². The number of anilines is 3. The van der Waals surface area contributed by atoms with E-state index in [9.17, 15) is 18.7 Å². The molecule has 0 aliphatic heterocycles. The first-order valence-corrected chi connectivity index (χ1v) is 10.4. The fourth-order valence-electron chi connectivity index (χ4n) is 3.06. The van der Waals surface area contributed by atoms with E-state index in [2.05, 4.69) is 17.6 Å². The summed E-state index contributed by atoms with van der Waals surface area (Å²) in [5, 5.41) is 14.9. The second kappa shape index (κ2) is 12.0. The van der Waals surface area contributed by atoms with Gasteiger partial charge in [0.1, 0.15) is 11.9 Å². The summed E-state index contributed by atoms with van der Waals surface area (Å²) in [6.45, 7) is 2.60. The molecule has 0 radical (unpaired) electrons. The summed E-state index contributed by atoms with van der Waals surface area (Å²) in [5.74, 6) is -0.825. The first-order valence-electron chi connectivity index (χ1n) is 10.4. The minimum Gasteiger partial charge on any atom is -0.508 e. The number of nitrogens with two attached hydrogens (primary N) is 1. The molecular formula is C23H31F2N3O2. The molecule has 5 nitrogen and oxygen atoms in total. The number of carbonyl (C=O) groups is 1. The predicted octanol–water partition coefficient (Wildman–Crippen LogP) is 5.56. The van der Waals surface area contributed by atoms with Crippen molar-refractivity contribution >= 4 is 23.0 Å². The average Bonchev–Trinajstić information content (AvgIpc) is 2.74. The van der Waals surface area contributed by atoms with Crippen molar-refractivity contribution in [2.75, 3.05) is 16.4 Å². The largest absolute Gasteiger partial charge is 0.508 e. The maximum absolute atomic E-state index is 14.1. The summed E-state index contributed by atoms with van der Waals surface area (Å²) >= 11 is 0. The van der Waals surface area contributed by atoms with Crippen LogP contribution in [0.15, 0.2) is 42.5 Å². The van der Waals surface area contributed by atoms with Crippen LogP contribution in [-0.4, -0.2) is 23.4 Å². The van der Waals surface area contributed by atoms with E-state index in [0.29, 0.717) is 18.7 Å². The zero-order valence-electron chi connectivity index (χ0n) is 17.3. The molecule has 2 aromatic rings. The molecule has 0 heterocycles. The van der Waals surface area contributed by atoms with E-state index in [0.717, 1.165) is 31.2 Å². The molecule has 0 saturated heterocycles. The Balaban J connectivity index is 1.83. The normalized spacial score (nSPS) is 12.9. The van der Waals surface area contributed by atoms with E-state index in [4.69, 9.17) is 5.73 Å². The zero-order chi connectivity index (χ0) is 21.9. The lowest BCUT2D eigenvalue weighted by molar-refractivity contribution is -0.123. The van der Waals surface area contributed by atoms with Crippen LogP contribution in [0.25, 0.3) is 0 Å². The molecule has 2 aromatic carbocycles. The molecule has 164 valence electrons. The minimum absolute atomic E-state index is 0.0356. The number of aromatic hydroxyl groups is 1. The van der Waals surface area contributed by atoms with Crippen LogP contribution in [-0.2, 0) is 11.3 Å². The molecule has 5 N–H and O–H groups in total. The second-order valence-electron chi connectivity index (χ2n) is 7.43. The molecule has 0 fully saturated rings. The number of nitrogen functional groups attached to an aromatic ring is 1. The standard InChI is InChI=1S/C23H31F2N3O2/c1-2-3-4-5-6-7-19(24)22(25)23(30)28-21-13-10-17(14-20(21)26)27-15-16-8-11-18(29)12-9-16/h8-14,19,22,27,29H,2-7,15,26H2,1H3,(H,28,30)/t19-,22+/m0/s1. The van der Waals surface area contributed by atoms with Crippen LogP contribution >= 0.6 is 0 Å². The Morgan fingerprint density at radius 3 is 2.43 bits per heavy atom. The van der Waals surface area contributed by atoms with Gasteiger partial charge in [-0.25, -0.2) is 8.78 Å². The van der Waals surface area contributed by atoms with Gasteiger partial charge in [-0.3, -0.25) is 4.79 Å². The number of carbonyl (C=O) groups excluding carboxylic acids is 1. The number of benzene rings is 2. The summed E-state index contributed by atoms with van der Waals surface area (Å²) in [7, 11) is 0. The first kappa shape index (κ1) is 23.4. The summed E-state index contributed by atoms with van der Waals surface area (Å²) in [4.78, 5) is 12.0. The Bertz CT molecular complexity index is 800. The van der Waals surface area contributed by atoms with Crippen molar-refractivity contribution in [2.24, 2.45) is 0 Å². The average molecular weight is 420 g/mol. The molecule has 2 atom stereocenters. The van der Waals surface area contributed by atoms with Crippen LogP contribution in [0, 0.1) is 0 Å². The molecular weight excluding hydrogens is 388 g/mol. The van der Waals surface area contributed by atoms with Crippen LogP contribution in [0.4, 0.5) is 25.8 Å². The molecule has 7 heteroatoms. The lowest BCUT2D eigenvalue weighted by atomic mass is 10.1. The summed E-state index contributed by atoms with van der Waals surface area (Å²) in [6, 6.07) is 11.6. The van der Waals surface area contributed by atoms with Gasteiger partial charge < -0.3 is 21.5 Å². The number of alkyl halides is 2. The highest BCUT2D eigenvalue weighted by Gasteiger charge is 2.28. The fourth-order valence-corrected chi connectivity index (χ4v) is 3.06. The van der Waals surface area contributed by atoms with Crippen molar-refractivity contribution < 1.29 is 18.7 Å². The Morgan fingerprint density at radius 1 is 1.07 bits per heavy atom. The number of amides is 1. The topological polar surface area (TPSA) is 87.4 Å². The Morgan fingerprint density at radius 2 is 1.77 bits per heavy atom. The highest BCUT2D eigenvalue weighted by Crippen LogP contribution is 2.25. The number of hydrogen-bond acceptors (Lipinski definition) is 4. The molecule has 0 spiro atoms. The second-order valence-corrected chi connectivity index (χ2v) is 7.43. The molecule has 0 bridgehead atoms. The van der Waals surface area contributed by atoms with Gasteiger partial charge in [-0.1, -0.05) is 51.2 Å². The quantitative estimate of drug-likeness (QED) is 0.268. The first-order chi connectivity index (χ1) is 14.4. The molecule has 30 heavy (non-hydrogen) atoms. The van der Waals surface area contributed by atoms with Gasteiger partial charge in [-0.15, -0.1) is 0 Å². The number of halogens is 2. The number of hydrogen-bond donors (Lipinski definition) is 4. The third-order valence-corrected chi connectivity index (χ3v) is 4.89. The van der Waals surface area contributed by atoms with Crippen molar-refractivity contribution in [3.63, 3.8) is 0 Å². The molecule has 0 aliphatic carbocycles. The number of phenolic OH excluding ortho intramolecular Hbond substituents is 1. The van der Waals surface area contributed by atoms with Crippen LogP contribution in [0.1, 0.15) is 51.0 Å². The van der Waals surface area contributed by atoms with Gasteiger partial charge in [-0.2, -0.15) is 0 Å². The zero-order valence-corrected chi connectivity index (χ0v) is 17.3. The van der Waals surface area contributed by atoms with Gasteiger partial charge in [0.2, 0.25) is 6.17 Å². The molecule has 0 aliphatic rings. The van der Waals surface area contributed by atoms with E-state index in [-0.39, 0.29) is 23.5 Å². The predicted molar refractivity (Wildman–Crippen MR) is 118 cm³/mol. The maximum atomic E-state index is 14.1. The molecule has 0 saturated carbocycles. The van der Waals surface area contributed by atoms with Crippen molar-refractivity contribution in [1.29, 1.82) is 0 Å². The smallest absolute Gasteiger partial charge is 0.262 e. The summed E-state index contributed by atoms with van der Waals surface area (Å²) < 4.78 is 28.2. The maximum Gasteiger partial charge on any atom is 0.262 e. The SMILES string of the molecule is CCCCCCC[C@H](F)[C@@H](F)C(=O)Nc1ccc(NCc2ccc(O)cc2)cc1N. The third kappa shape index (κ3) is 7.54. The highest BCUT2D eigenvalue weighted by atomic mass is 19.2. The van der Waals surface area contributed by atoms with Gasteiger partial charge in [0.25, 0.3) is 5.91 Å². The highest BCUT2D eigenvalue weighted by molar-refractivity contribution is 5.97. The van der Waals surface area contributed by atoms with Crippen molar-refractivity contribution in [3.8, 4) is 5.75 Å². The monoisotopic (exact) mass is 419 g/mol. The molecule has 2 rings (SSSR count). The van der Waals surface area contributed by atoms with Crippen molar-refractivity contribution in [1.82, 2.24) is 0 Å². The van der Waals surface area contributed by atoms with Gasteiger partial charge in [-0.05, 0) is 42.3 Å². The van der Waals surface area contributed by atoms with Crippen LogP contribution < -0.4 is 16.4 Å². The number of nitrogens with one attached hydrogen (secondary N) is 2. The van der Waals surface area contributed by atoms with Gasteiger partial charge >= 0.3 is 0 Å². The fraction of sp³-hybridized carbons (Fsp3) is 0.435. The summed E-state index contributed by atoms with van der Waals surface area (Å²) in [6.07, 6.45) is 0.563. The molecule has 0 unspecified atom stereocenters. The lowest BCUT2D eigenvalue weighted by Gasteiger charge is -2.15. The number of phenols is 1. The van der Waals surface area contributed by atoms with Gasteiger partial charge in [0.15, 0.2) is 0 Å². The Labute approximate surface area is 176 Å². The van der Waals surface area contributed by atoms with E-state index < -0.39 is 18.3 Å². The summed E-state index contributed by atoms with van der Waals surface area (Å²) in [5.41, 5.74) is 8.13. The van der Waals surface area contributed by atoms with Gasteiger partial charge in [0, 0.05) is 12.2 Å². The van der Waals surface area contributed by atoms with Crippen LogP contribution in [0.5, 0.6) is 5.75 Å². The molecule has 0 aromatic heterocycles. The molecule has 1 amide bonds. The van der Waals surface area contributed by atoms with Crippen molar-refractivity contribution in [2.45, 2.75) is 64.3 Å². The third-order valence-electron chi connectivity index (χ3n) is 4.89. The lowest BCUT2D eigenvalue weighted by Crippen LogP contribution is -2.32. The van der Waals surface area contributed by atoms with Crippen LogP contribution in [0.2, 0.25) is 0 Å². The van der Waals surface area contributed by atoms with E-state index in [1.807, 2.05) is 0 Å². The Hall–Kier alpha value is -2.83. The number of rotatable bonds is 12. The van der Waals surface area contributed by atoms with E-state index in [1.165, 1.54) is 0 Å².